The number of hydrogen-bond acceptors (Lipinski definition) is 2. The first-order valence-corrected chi connectivity index (χ1v) is 10.2. The zero-order chi connectivity index (χ0) is 16.3. The van der Waals surface area contributed by atoms with Gasteiger partial charge < -0.3 is 9.80 Å². The predicted molar refractivity (Wildman–Crippen MR) is 95.4 cm³/mol. The van der Waals surface area contributed by atoms with Gasteiger partial charge in [0.2, 0.25) is 5.91 Å². The molecule has 23 heavy (non-hydrogen) atoms. The second kappa shape index (κ2) is 7.55. The average Bonchev–Trinajstić information content (AvgIpc) is 2.77. The Hall–Kier alpha value is -0.570. The summed E-state index contributed by atoms with van der Waals surface area (Å²) in [5.74, 6) is 1.23. The van der Waals surface area contributed by atoms with Gasteiger partial charge in [0.25, 0.3) is 0 Å². The Morgan fingerprint density at radius 2 is 1.87 bits per heavy atom. The minimum Gasteiger partial charge on any atom is -0.337 e. The van der Waals surface area contributed by atoms with E-state index < -0.39 is 0 Å². The molecule has 2 aliphatic heterocycles. The predicted octanol–water partition coefficient (Wildman–Crippen LogP) is 4.21. The van der Waals surface area contributed by atoms with Gasteiger partial charge in [-0.3, -0.25) is 4.79 Å². The van der Waals surface area contributed by atoms with Crippen LogP contribution in [0.2, 0.25) is 0 Å². The van der Waals surface area contributed by atoms with Crippen LogP contribution in [0, 0.1) is 5.92 Å². The Labute approximate surface area is 142 Å². The van der Waals surface area contributed by atoms with Gasteiger partial charge in [0, 0.05) is 31.1 Å². The molecule has 0 N–H and O–H groups in total. The van der Waals surface area contributed by atoms with Crippen molar-refractivity contribution in [1.29, 1.82) is 0 Å². The largest absolute Gasteiger partial charge is 0.337 e. The third kappa shape index (κ3) is 3.75. The fourth-order valence-corrected chi connectivity index (χ4v) is 5.22. The summed E-state index contributed by atoms with van der Waals surface area (Å²) < 4.78 is 0. The molecule has 0 unspecified atom stereocenters. The van der Waals surface area contributed by atoms with Crippen molar-refractivity contribution in [2.24, 2.45) is 5.92 Å². The lowest BCUT2D eigenvalue weighted by Gasteiger charge is -2.41. The third-order valence-electron chi connectivity index (χ3n) is 7.01. The zero-order valence-electron chi connectivity index (χ0n) is 15.4. The summed E-state index contributed by atoms with van der Waals surface area (Å²) in [4.78, 5) is 17.6. The van der Waals surface area contributed by atoms with E-state index in [-0.39, 0.29) is 5.54 Å². The number of amides is 1. The summed E-state index contributed by atoms with van der Waals surface area (Å²) in [6.07, 6.45) is 13.7. The van der Waals surface area contributed by atoms with Crippen molar-refractivity contribution >= 4 is 5.91 Å². The van der Waals surface area contributed by atoms with Crippen LogP contribution in [0.25, 0.3) is 0 Å². The van der Waals surface area contributed by atoms with Crippen molar-refractivity contribution in [1.82, 2.24) is 9.80 Å². The summed E-state index contributed by atoms with van der Waals surface area (Å²) in [7, 11) is 0. The highest BCUT2D eigenvalue weighted by molar-refractivity contribution is 5.79. The Balaban J connectivity index is 1.67. The van der Waals surface area contributed by atoms with Crippen LogP contribution < -0.4 is 0 Å². The first-order valence-electron chi connectivity index (χ1n) is 10.2. The monoisotopic (exact) mass is 320 g/mol. The van der Waals surface area contributed by atoms with Crippen LogP contribution in [0.4, 0.5) is 0 Å². The third-order valence-corrected chi connectivity index (χ3v) is 7.01. The van der Waals surface area contributed by atoms with Crippen LogP contribution in [-0.4, -0.2) is 46.9 Å². The smallest absolute Gasteiger partial charge is 0.223 e. The van der Waals surface area contributed by atoms with Crippen molar-refractivity contribution in [2.45, 2.75) is 96.1 Å². The summed E-state index contributed by atoms with van der Waals surface area (Å²) >= 11 is 0. The molecular weight excluding hydrogens is 284 g/mol. The van der Waals surface area contributed by atoms with Gasteiger partial charge in [0.05, 0.1) is 0 Å². The first kappa shape index (κ1) is 17.3. The average molecular weight is 321 g/mol. The van der Waals surface area contributed by atoms with Crippen LogP contribution >= 0.6 is 0 Å². The fraction of sp³-hybridized carbons (Fsp3) is 0.950. The number of likely N-dealkylation sites (tertiary alicyclic amines) is 2. The molecule has 0 bridgehead atoms. The minimum absolute atomic E-state index is 0.205. The standard InChI is InChI=1S/C20H36N2O/c1-3-17(2)21-14-7-11-20(13-15-21)12-10-19(23)22(20)16-18-8-5-4-6-9-18/h17-18H,3-16H2,1-2H3/t17-,20-/m0/s1. The highest BCUT2D eigenvalue weighted by Crippen LogP contribution is 2.41. The number of rotatable bonds is 4. The SMILES string of the molecule is CC[C@H](C)N1CCC[C@]2(CCC(=O)N2CC2CCCCC2)CC1. The van der Waals surface area contributed by atoms with Crippen molar-refractivity contribution in [3.8, 4) is 0 Å². The Morgan fingerprint density at radius 3 is 2.61 bits per heavy atom. The highest BCUT2D eigenvalue weighted by Gasteiger charge is 2.46. The van der Waals surface area contributed by atoms with Gasteiger partial charge in [0.1, 0.15) is 0 Å². The minimum atomic E-state index is 0.205. The summed E-state index contributed by atoms with van der Waals surface area (Å²) in [5, 5.41) is 0. The fourth-order valence-electron chi connectivity index (χ4n) is 5.22. The number of carbonyl (C=O) groups is 1. The summed E-state index contributed by atoms with van der Waals surface area (Å²) in [6.45, 7) is 8.12. The molecule has 3 heteroatoms. The number of nitrogens with zero attached hydrogens (tertiary/aromatic N) is 2. The van der Waals surface area contributed by atoms with Crippen molar-refractivity contribution in [3.63, 3.8) is 0 Å². The first-order chi connectivity index (χ1) is 11.1. The Kier molecular flexibility index (Phi) is 5.66. The van der Waals surface area contributed by atoms with Gasteiger partial charge in [-0.25, -0.2) is 0 Å². The van der Waals surface area contributed by atoms with Crippen LogP contribution in [0.15, 0.2) is 0 Å². The van der Waals surface area contributed by atoms with Gasteiger partial charge >= 0.3 is 0 Å². The molecule has 1 amide bonds. The van der Waals surface area contributed by atoms with Gasteiger partial charge in [-0.2, -0.15) is 0 Å². The lowest BCUT2D eigenvalue weighted by atomic mass is 9.84. The van der Waals surface area contributed by atoms with E-state index in [1.54, 1.807) is 0 Å². The van der Waals surface area contributed by atoms with Crippen LogP contribution in [0.5, 0.6) is 0 Å². The maximum atomic E-state index is 12.6. The van der Waals surface area contributed by atoms with Crippen LogP contribution in [-0.2, 0) is 4.79 Å². The van der Waals surface area contributed by atoms with E-state index in [9.17, 15) is 4.79 Å². The van der Waals surface area contributed by atoms with E-state index in [4.69, 9.17) is 0 Å². The maximum Gasteiger partial charge on any atom is 0.223 e. The lowest BCUT2D eigenvalue weighted by molar-refractivity contribution is -0.132. The second-order valence-corrected chi connectivity index (χ2v) is 8.38. The Bertz CT molecular complexity index is 404. The van der Waals surface area contributed by atoms with Crippen molar-refractivity contribution in [2.75, 3.05) is 19.6 Å². The van der Waals surface area contributed by atoms with Gasteiger partial charge in [-0.1, -0.05) is 26.2 Å². The van der Waals surface area contributed by atoms with E-state index >= 15 is 0 Å². The van der Waals surface area contributed by atoms with E-state index in [2.05, 4.69) is 23.6 Å². The quantitative estimate of drug-likeness (QED) is 0.774. The molecule has 3 rings (SSSR count). The molecule has 132 valence electrons. The van der Waals surface area contributed by atoms with Gasteiger partial charge in [0.15, 0.2) is 0 Å². The number of hydrogen-bond donors (Lipinski definition) is 0. The molecule has 3 nitrogen and oxygen atoms in total. The molecule has 1 spiro atoms. The molecule has 0 radical (unpaired) electrons. The van der Waals surface area contributed by atoms with E-state index in [0.29, 0.717) is 11.9 Å². The van der Waals surface area contributed by atoms with E-state index in [1.807, 2.05) is 0 Å². The zero-order valence-corrected chi connectivity index (χ0v) is 15.4. The molecule has 0 aromatic rings. The molecule has 0 aromatic heterocycles. The lowest BCUT2D eigenvalue weighted by Crippen LogP contribution is -2.48. The van der Waals surface area contributed by atoms with E-state index in [0.717, 1.165) is 25.3 Å². The molecule has 3 aliphatic rings. The Morgan fingerprint density at radius 1 is 1.09 bits per heavy atom. The molecule has 3 fully saturated rings. The summed E-state index contributed by atoms with van der Waals surface area (Å²) in [6, 6.07) is 0.689. The molecule has 1 aliphatic carbocycles. The van der Waals surface area contributed by atoms with Gasteiger partial charge in [-0.05, 0) is 64.3 Å². The molecule has 1 saturated carbocycles. The van der Waals surface area contributed by atoms with Crippen LogP contribution in [0.3, 0.4) is 0 Å². The molecule has 2 saturated heterocycles. The van der Waals surface area contributed by atoms with Gasteiger partial charge in [-0.15, -0.1) is 0 Å². The molecule has 2 atom stereocenters. The second-order valence-electron chi connectivity index (χ2n) is 8.38. The normalized spacial score (nSPS) is 32.4. The van der Waals surface area contributed by atoms with Crippen LogP contribution in [0.1, 0.15) is 84.5 Å². The number of carbonyl (C=O) groups excluding carboxylic acids is 1. The van der Waals surface area contributed by atoms with Crippen molar-refractivity contribution < 1.29 is 4.79 Å². The van der Waals surface area contributed by atoms with E-state index in [1.165, 1.54) is 70.9 Å². The maximum absolute atomic E-state index is 12.6. The highest BCUT2D eigenvalue weighted by atomic mass is 16.2. The summed E-state index contributed by atoms with van der Waals surface area (Å²) in [5.41, 5.74) is 0.205. The van der Waals surface area contributed by atoms with Crippen molar-refractivity contribution in [3.05, 3.63) is 0 Å². The molecular formula is C20H36N2O. The molecule has 2 heterocycles. The molecule has 0 aromatic carbocycles. The topological polar surface area (TPSA) is 23.6 Å².